The van der Waals surface area contributed by atoms with Crippen molar-refractivity contribution in [2.45, 2.75) is 56.9 Å². The second kappa shape index (κ2) is 6.56. The van der Waals surface area contributed by atoms with Crippen LogP contribution >= 0.6 is 11.3 Å². The van der Waals surface area contributed by atoms with Crippen molar-refractivity contribution in [3.8, 4) is 0 Å². The molecule has 1 atom stereocenters. The minimum absolute atomic E-state index is 0.251. The zero-order valence-corrected chi connectivity index (χ0v) is 13.1. The fourth-order valence-electron chi connectivity index (χ4n) is 2.99. The Morgan fingerprint density at radius 3 is 2.73 bits per heavy atom. The van der Waals surface area contributed by atoms with Crippen LogP contribution in [0, 0.1) is 0 Å². The average molecular weight is 321 g/mol. The first-order chi connectivity index (χ1) is 10.6. The van der Waals surface area contributed by atoms with E-state index in [1.165, 1.54) is 30.6 Å². The van der Waals surface area contributed by atoms with Crippen LogP contribution in [0.5, 0.6) is 0 Å². The number of amides is 3. The summed E-state index contributed by atoms with van der Waals surface area (Å²) in [6, 6.07) is -0.648. The summed E-state index contributed by atoms with van der Waals surface area (Å²) < 4.78 is 0. The highest BCUT2D eigenvalue weighted by Crippen LogP contribution is 2.34. The Morgan fingerprint density at radius 1 is 1.23 bits per heavy atom. The molecule has 0 spiro atoms. The SMILES string of the molecule is O=C1CCC(NC(=O)c2csc(C3CCCCC3)n2)C(=O)N1. The first-order valence-electron chi connectivity index (χ1n) is 7.73. The lowest BCUT2D eigenvalue weighted by Gasteiger charge is -2.21. The van der Waals surface area contributed by atoms with E-state index in [1.807, 2.05) is 0 Å². The third-order valence-electron chi connectivity index (χ3n) is 4.25. The third kappa shape index (κ3) is 3.35. The molecule has 7 heteroatoms. The van der Waals surface area contributed by atoms with Gasteiger partial charge in [-0.1, -0.05) is 19.3 Å². The number of rotatable bonds is 3. The lowest BCUT2D eigenvalue weighted by atomic mass is 9.90. The van der Waals surface area contributed by atoms with E-state index >= 15 is 0 Å². The maximum atomic E-state index is 12.2. The van der Waals surface area contributed by atoms with Crippen molar-refractivity contribution in [3.05, 3.63) is 16.1 Å². The smallest absolute Gasteiger partial charge is 0.271 e. The largest absolute Gasteiger partial charge is 0.339 e. The van der Waals surface area contributed by atoms with Gasteiger partial charge in [0.1, 0.15) is 11.7 Å². The predicted octanol–water partition coefficient (Wildman–Crippen LogP) is 1.73. The maximum absolute atomic E-state index is 12.2. The van der Waals surface area contributed by atoms with Gasteiger partial charge >= 0.3 is 0 Å². The van der Waals surface area contributed by atoms with Crippen LogP contribution in [0.15, 0.2) is 5.38 Å². The number of piperidine rings is 1. The molecule has 1 saturated heterocycles. The van der Waals surface area contributed by atoms with E-state index in [0.717, 1.165) is 17.8 Å². The lowest BCUT2D eigenvalue weighted by molar-refractivity contribution is -0.134. The number of nitrogens with zero attached hydrogens (tertiary/aromatic N) is 1. The molecule has 3 amide bonds. The molecule has 0 radical (unpaired) electrons. The molecule has 6 nitrogen and oxygen atoms in total. The van der Waals surface area contributed by atoms with Gasteiger partial charge in [-0.15, -0.1) is 11.3 Å². The molecule has 2 N–H and O–H groups in total. The summed E-state index contributed by atoms with van der Waals surface area (Å²) in [4.78, 5) is 39.4. The monoisotopic (exact) mass is 321 g/mol. The normalized spacial score (nSPS) is 23.2. The van der Waals surface area contributed by atoms with Gasteiger partial charge in [0.15, 0.2) is 0 Å². The van der Waals surface area contributed by atoms with Gasteiger partial charge in [-0.2, -0.15) is 0 Å². The molecule has 1 unspecified atom stereocenters. The zero-order valence-electron chi connectivity index (χ0n) is 12.3. The third-order valence-corrected chi connectivity index (χ3v) is 5.26. The van der Waals surface area contributed by atoms with Crippen molar-refractivity contribution in [1.82, 2.24) is 15.6 Å². The van der Waals surface area contributed by atoms with Crippen LogP contribution in [0.4, 0.5) is 0 Å². The van der Waals surface area contributed by atoms with Crippen LogP contribution in [-0.2, 0) is 9.59 Å². The van der Waals surface area contributed by atoms with Gasteiger partial charge in [-0.05, 0) is 19.3 Å². The average Bonchev–Trinajstić information content (AvgIpc) is 3.01. The van der Waals surface area contributed by atoms with E-state index in [0.29, 0.717) is 18.0 Å². The molecular weight excluding hydrogens is 302 g/mol. The summed E-state index contributed by atoms with van der Waals surface area (Å²) >= 11 is 1.52. The van der Waals surface area contributed by atoms with E-state index in [2.05, 4.69) is 15.6 Å². The number of nitrogens with one attached hydrogen (secondary N) is 2. The number of hydrogen-bond donors (Lipinski definition) is 2. The highest BCUT2D eigenvalue weighted by atomic mass is 32.1. The topological polar surface area (TPSA) is 88.2 Å². The molecule has 118 valence electrons. The van der Waals surface area contributed by atoms with Gasteiger partial charge in [0.2, 0.25) is 11.8 Å². The van der Waals surface area contributed by atoms with Crippen LogP contribution in [0.1, 0.15) is 66.4 Å². The Bertz CT molecular complexity index is 593. The van der Waals surface area contributed by atoms with Crippen LogP contribution in [0.2, 0.25) is 0 Å². The molecule has 1 aromatic rings. The summed E-state index contributed by atoms with van der Waals surface area (Å²) in [7, 11) is 0. The highest BCUT2D eigenvalue weighted by Gasteiger charge is 2.29. The van der Waals surface area contributed by atoms with Gasteiger partial charge in [0.25, 0.3) is 5.91 Å². The lowest BCUT2D eigenvalue weighted by Crippen LogP contribution is -2.52. The van der Waals surface area contributed by atoms with E-state index in [1.54, 1.807) is 5.38 Å². The molecular formula is C15H19N3O3S. The number of carbonyl (C=O) groups is 3. The van der Waals surface area contributed by atoms with Crippen molar-refractivity contribution >= 4 is 29.1 Å². The minimum atomic E-state index is -0.648. The number of imide groups is 1. The summed E-state index contributed by atoms with van der Waals surface area (Å²) in [5.41, 5.74) is 0.371. The summed E-state index contributed by atoms with van der Waals surface area (Å²) in [5, 5.41) is 7.67. The van der Waals surface area contributed by atoms with Crippen LogP contribution in [0.3, 0.4) is 0 Å². The molecule has 1 aliphatic heterocycles. The van der Waals surface area contributed by atoms with Crippen molar-refractivity contribution in [2.24, 2.45) is 0 Å². The Balaban J connectivity index is 1.61. The Kier molecular flexibility index (Phi) is 4.52. The van der Waals surface area contributed by atoms with Gasteiger partial charge < -0.3 is 5.32 Å². The molecule has 0 aromatic carbocycles. The molecule has 0 bridgehead atoms. The number of hydrogen-bond acceptors (Lipinski definition) is 5. The fraction of sp³-hybridized carbons (Fsp3) is 0.600. The molecule has 1 saturated carbocycles. The van der Waals surface area contributed by atoms with Crippen LogP contribution in [0.25, 0.3) is 0 Å². The Morgan fingerprint density at radius 2 is 2.00 bits per heavy atom. The molecule has 22 heavy (non-hydrogen) atoms. The van der Waals surface area contributed by atoms with Crippen LogP contribution in [-0.4, -0.2) is 28.7 Å². The second-order valence-corrected chi connectivity index (χ2v) is 6.77. The Labute approximate surface area is 132 Å². The van der Waals surface area contributed by atoms with E-state index in [9.17, 15) is 14.4 Å². The number of carbonyl (C=O) groups excluding carboxylic acids is 3. The quantitative estimate of drug-likeness (QED) is 0.830. The summed E-state index contributed by atoms with van der Waals surface area (Å²) in [6.07, 6.45) is 6.61. The van der Waals surface area contributed by atoms with E-state index < -0.39 is 11.9 Å². The van der Waals surface area contributed by atoms with Crippen molar-refractivity contribution in [1.29, 1.82) is 0 Å². The summed E-state index contributed by atoms with van der Waals surface area (Å²) in [5.74, 6) is -0.597. The predicted molar refractivity (Wildman–Crippen MR) is 81.6 cm³/mol. The molecule has 2 aliphatic rings. The first-order valence-corrected chi connectivity index (χ1v) is 8.61. The minimum Gasteiger partial charge on any atom is -0.339 e. The molecule has 3 rings (SSSR count). The van der Waals surface area contributed by atoms with Gasteiger partial charge in [-0.25, -0.2) is 4.98 Å². The zero-order chi connectivity index (χ0) is 15.5. The van der Waals surface area contributed by atoms with Crippen molar-refractivity contribution in [3.63, 3.8) is 0 Å². The molecule has 1 aliphatic carbocycles. The standard InChI is InChI=1S/C15H19N3O3S/c19-12-7-6-10(13(20)18-12)16-14(21)11-8-22-15(17-11)9-4-2-1-3-5-9/h8-10H,1-7H2,(H,16,21)(H,18,19,20). The highest BCUT2D eigenvalue weighted by molar-refractivity contribution is 7.09. The van der Waals surface area contributed by atoms with Gasteiger partial charge in [-0.3, -0.25) is 19.7 Å². The summed E-state index contributed by atoms with van der Waals surface area (Å²) in [6.45, 7) is 0. The van der Waals surface area contributed by atoms with Gasteiger partial charge in [0.05, 0.1) is 5.01 Å². The molecule has 2 fully saturated rings. The van der Waals surface area contributed by atoms with Crippen LogP contribution < -0.4 is 10.6 Å². The Hall–Kier alpha value is -1.76. The number of thiazole rings is 1. The van der Waals surface area contributed by atoms with Crippen molar-refractivity contribution < 1.29 is 14.4 Å². The number of aromatic nitrogens is 1. The molecule has 1 aromatic heterocycles. The first kappa shape index (κ1) is 15.1. The van der Waals surface area contributed by atoms with Gasteiger partial charge in [0, 0.05) is 17.7 Å². The fourth-order valence-corrected chi connectivity index (χ4v) is 3.96. The second-order valence-electron chi connectivity index (χ2n) is 5.88. The molecule has 2 heterocycles. The van der Waals surface area contributed by atoms with E-state index in [4.69, 9.17) is 0 Å². The maximum Gasteiger partial charge on any atom is 0.271 e. The van der Waals surface area contributed by atoms with Crippen molar-refractivity contribution in [2.75, 3.05) is 0 Å². The van der Waals surface area contributed by atoms with E-state index in [-0.39, 0.29) is 18.2 Å².